The number of aromatic nitrogens is 1. The van der Waals surface area contributed by atoms with E-state index in [-0.39, 0.29) is 12.5 Å². The van der Waals surface area contributed by atoms with Gasteiger partial charge in [0, 0.05) is 16.9 Å². The minimum atomic E-state index is -0.300. The number of hydrogen-bond donors (Lipinski definition) is 1. The summed E-state index contributed by atoms with van der Waals surface area (Å²) >= 11 is 0. The summed E-state index contributed by atoms with van der Waals surface area (Å²) in [4.78, 5) is 12.6. The van der Waals surface area contributed by atoms with Gasteiger partial charge in [-0.2, -0.15) is 10.4 Å². The van der Waals surface area contributed by atoms with Crippen molar-refractivity contribution in [2.45, 2.75) is 13.3 Å². The van der Waals surface area contributed by atoms with Gasteiger partial charge < -0.3 is 9.30 Å². The number of carbonyl (C=O) groups is 1. The van der Waals surface area contributed by atoms with Gasteiger partial charge in [0.25, 0.3) is 5.91 Å². The van der Waals surface area contributed by atoms with Crippen LogP contribution in [0.3, 0.4) is 0 Å². The largest absolute Gasteiger partial charge is 0.478 e. The molecule has 0 bridgehead atoms. The van der Waals surface area contributed by atoms with E-state index in [1.807, 2.05) is 48.5 Å². The van der Waals surface area contributed by atoms with E-state index < -0.39 is 0 Å². The van der Waals surface area contributed by atoms with Gasteiger partial charge in [0.05, 0.1) is 11.9 Å². The molecular weight excluding hydrogens is 448 g/mol. The molecule has 0 aliphatic carbocycles. The summed E-state index contributed by atoms with van der Waals surface area (Å²) in [6.07, 6.45) is 3.93. The second kappa shape index (κ2) is 11.5. The summed E-state index contributed by atoms with van der Waals surface area (Å²) in [7, 11) is 0. The second-order valence-corrected chi connectivity index (χ2v) is 8.11. The van der Waals surface area contributed by atoms with Gasteiger partial charge in [-0.15, -0.1) is 6.58 Å². The van der Waals surface area contributed by atoms with Crippen molar-refractivity contribution in [3.05, 3.63) is 120 Å². The van der Waals surface area contributed by atoms with Gasteiger partial charge in [0.2, 0.25) is 0 Å². The van der Waals surface area contributed by atoms with Crippen molar-refractivity contribution in [3.63, 3.8) is 0 Å². The Bertz CT molecular complexity index is 1430. The van der Waals surface area contributed by atoms with Crippen LogP contribution in [0.15, 0.2) is 103 Å². The predicted molar refractivity (Wildman–Crippen MR) is 142 cm³/mol. The highest BCUT2D eigenvalue weighted by molar-refractivity contribution is 5.95. The highest BCUT2D eigenvalue weighted by Gasteiger charge is 2.11. The zero-order valence-corrected chi connectivity index (χ0v) is 20.0. The fourth-order valence-electron chi connectivity index (χ4n) is 3.95. The van der Waals surface area contributed by atoms with Crippen LogP contribution in [0.5, 0.6) is 5.75 Å². The molecule has 0 aliphatic rings. The Kier molecular flexibility index (Phi) is 7.74. The van der Waals surface area contributed by atoms with Crippen molar-refractivity contribution in [1.29, 1.82) is 5.26 Å². The molecule has 178 valence electrons. The number of ether oxygens (including phenoxy) is 1. The number of nitrogens with one attached hydrogen (secondary N) is 1. The molecule has 1 heterocycles. The number of carbonyl (C=O) groups excluding carboxylic acids is 1. The molecule has 4 aromatic rings. The Morgan fingerprint density at radius 1 is 1.08 bits per heavy atom. The predicted octanol–water partition coefficient (Wildman–Crippen LogP) is 5.85. The molecule has 6 nitrogen and oxygen atoms in total. The Morgan fingerprint density at radius 2 is 1.86 bits per heavy atom. The normalized spacial score (nSPS) is 10.7. The molecule has 0 atom stereocenters. The summed E-state index contributed by atoms with van der Waals surface area (Å²) in [5.41, 5.74) is 9.08. The lowest BCUT2D eigenvalue weighted by molar-refractivity contribution is 0.0955. The van der Waals surface area contributed by atoms with E-state index in [0.717, 1.165) is 33.8 Å². The van der Waals surface area contributed by atoms with Crippen LogP contribution < -0.4 is 10.2 Å². The smallest absolute Gasteiger partial charge is 0.271 e. The second-order valence-electron chi connectivity index (χ2n) is 8.11. The molecule has 0 saturated heterocycles. The maximum absolute atomic E-state index is 12.6. The number of hydrazone groups is 1. The van der Waals surface area contributed by atoms with Crippen LogP contribution in [0.1, 0.15) is 27.2 Å². The maximum Gasteiger partial charge on any atom is 0.271 e. The summed E-state index contributed by atoms with van der Waals surface area (Å²) in [5.74, 6) is 0.330. The topological polar surface area (TPSA) is 79.4 Å². The molecule has 0 aliphatic heterocycles. The van der Waals surface area contributed by atoms with Gasteiger partial charge in [-0.3, -0.25) is 4.79 Å². The van der Waals surface area contributed by atoms with Crippen LogP contribution in [0.25, 0.3) is 16.9 Å². The summed E-state index contributed by atoms with van der Waals surface area (Å²) in [5, 5.41) is 12.8. The van der Waals surface area contributed by atoms with Crippen LogP contribution in [0.2, 0.25) is 0 Å². The summed E-state index contributed by atoms with van der Waals surface area (Å²) < 4.78 is 7.61. The Labute approximate surface area is 210 Å². The molecule has 0 saturated carbocycles. The molecule has 36 heavy (non-hydrogen) atoms. The zero-order valence-electron chi connectivity index (χ0n) is 20.0. The summed E-state index contributed by atoms with van der Waals surface area (Å²) in [6, 6.07) is 29.3. The average Bonchev–Trinajstić information content (AvgIpc) is 3.30. The monoisotopic (exact) mass is 474 g/mol. The van der Waals surface area contributed by atoms with Gasteiger partial charge in [0.1, 0.15) is 11.8 Å². The number of amides is 1. The minimum Gasteiger partial charge on any atom is -0.478 e. The third-order valence-electron chi connectivity index (χ3n) is 5.65. The number of hydrogen-bond acceptors (Lipinski definition) is 4. The molecule has 1 amide bonds. The molecule has 0 radical (unpaired) electrons. The molecule has 3 aromatic carbocycles. The van der Waals surface area contributed by atoms with E-state index in [2.05, 4.69) is 52.9 Å². The Balaban J connectivity index is 1.45. The molecule has 0 fully saturated rings. The maximum atomic E-state index is 12.6. The number of aryl methyl sites for hydroxylation is 1. The number of nitrogens with zero attached hydrogens (tertiary/aromatic N) is 3. The highest BCUT2D eigenvalue weighted by atomic mass is 16.5. The third kappa shape index (κ3) is 5.60. The van der Waals surface area contributed by atoms with Gasteiger partial charge >= 0.3 is 0 Å². The van der Waals surface area contributed by atoms with Crippen molar-refractivity contribution < 1.29 is 9.53 Å². The quantitative estimate of drug-likeness (QED) is 0.188. The number of rotatable bonds is 9. The molecule has 0 unspecified atom stereocenters. The van der Waals surface area contributed by atoms with E-state index in [1.165, 1.54) is 0 Å². The first kappa shape index (κ1) is 24.2. The van der Waals surface area contributed by atoms with E-state index >= 15 is 0 Å². The molecule has 6 heteroatoms. The van der Waals surface area contributed by atoms with E-state index in [1.54, 1.807) is 30.5 Å². The lowest BCUT2D eigenvalue weighted by Crippen LogP contribution is -2.17. The average molecular weight is 475 g/mol. The number of benzene rings is 3. The first-order chi connectivity index (χ1) is 17.6. The van der Waals surface area contributed by atoms with Crippen LogP contribution >= 0.6 is 0 Å². The highest BCUT2D eigenvalue weighted by Crippen LogP contribution is 2.26. The van der Waals surface area contributed by atoms with Gasteiger partial charge in [-0.25, -0.2) is 5.43 Å². The van der Waals surface area contributed by atoms with Crippen LogP contribution in [-0.4, -0.2) is 23.3 Å². The summed E-state index contributed by atoms with van der Waals surface area (Å²) in [6.45, 7) is 5.80. The van der Waals surface area contributed by atoms with Crippen molar-refractivity contribution in [2.75, 3.05) is 6.61 Å². The molecular formula is C30H26N4O2. The minimum absolute atomic E-state index is 0.0239. The SMILES string of the molecule is C=CCc1cc(/C=N/NC(=O)c2ccc(-n3c(C)ccc3-c3ccccc3)cc2)ccc1OCC#N. The Morgan fingerprint density at radius 3 is 2.58 bits per heavy atom. The standard InChI is InChI=1S/C30H26N4O2/c1-3-7-26-20-23(11-17-29(26)36-19-18-31)21-32-33-30(35)25-12-14-27(15-13-25)34-22(2)10-16-28(34)24-8-5-4-6-9-24/h3-6,8-17,20-21H,1,7,19H2,2H3,(H,33,35)/b32-21+. The van der Waals surface area contributed by atoms with Crippen LogP contribution in [0.4, 0.5) is 0 Å². The van der Waals surface area contributed by atoms with Gasteiger partial charge in [0.15, 0.2) is 6.61 Å². The first-order valence-corrected chi connectivity index (χ1v) is 11.5. The number of allylic oxidation sites excluding steroid dienone is 1. The van der Waals surface area contributed by atoms with E-state index in [4.69, 9.17) is 10.00 Å². The van der Waals surface area contributed by atoms with E-state index in [0.29, 0.717) is 17.7 Å². The van der Waals surface area contributed by atoms with Crippen molar-refractivity contribution >= 4 is 12.1 Å². The van der Waals surface area contributed by atoms with Gasteiger partial charge in [-0.05, 0) is 84.6 Å². The molecule has 0 spiro atoms. The van der Waals surface area contributed by atoms with Crippen molar-refractivity contribution in [2.24, 2.45) is 5.10 Å². The van der Waals surface area contributed by atoms with Gasteiger partial charge in [-0.1, -0.05) is 36.4 Å². The lowest BCUT2D eigenvalue weighted by Gasteiger charge is -2.12. The zero-order chi connectivity index (χ0) is 25.3. The third-order valence-corrected chi connectivity index (χ3v) is 5.65. The fraction of sp³-hybridized carbons (Fsp3) is 0.100. The Hall–Kier alpha value is -4.89. The molecule has 1 aromatic heterocycles. The molecule has 4 rings (SSSR count). The van der Waals surface area contributed by atoms with Crippen molar-refractivity contribution in [1.82, 2.24) is 9.99 Å². The first-order valence-electron chi connectivity index (χ1n) is 11.5. The molecule has 1 N–H and O–H groups in total. The number of nitriles is 1. The van der Waals surface area contributed by atoms with Crippen LogP contribution in [0, 0.1) is 18.3 Å². The lowest BCUT2D eigenvalue weighted by atomic mass is 10.1. The van der Waals surface area contributed by atoms with E-state index in [9.17, 15) is 4.79 Å². The van der Waals surface area contributed by atoms with Crippen LogP contribution in [-0.2, 0) is 6.42 Å². The van der Waals surface area contributed by atoms with Crippen molar-refractivity contribution in [3.8, 4) is 28.8 Å². The fourth-order valence-corrected chi connectivity index (χ4v) is 3.95.